The number of methoxy groups -OCH3 is 1. The van der Waals surface area contributed by atoms with E-state index in [0.717, 1.165) is 47.6 Å². The van der Waals surface area contributed by atoms with E-state index in [0.29, 0.717) is 26.1 Å². The highest BCUT2D eigenvalue weighted by molar-refractivity contribution is 5.89. The Morgan fingerprint density at radius 2 is 2.08 bits per heavy atom. The van der Waals surface area contributed by atoms with Crippen LogP contribution >= 0.6 is 0 Å². The van der Waals surface area contributed by atoms with E-state index in [-0.39, 0.29) is 29.8 Å². The Hall–Kier alpha value is -2.87. The number of carbonyl (C=O) groups excluding carboxylic acids is 2. The van der Waals surface area contributed by atoms with Crippen LogP contribution in [0.5, 0.6) is 0 Å². The molecule has 1 unspecified atom stereocenters. The topological polar surface area (TPSA) is 94.3 Å². The van der Waals surface area contributed by atoms with Crippen molar-refractivity contribution in [3.8, 4) is 11.4 Å². The third-order valence-corrected chi connectivity index (χ3v) is 7.76. The number of hydrogen-bond donors (Lipinski definition) is 2. The molecule has 1 atom stereocenters. The summed E-state index contributed by atoms with van der Waals surface area (Å²) >= 11 is 0. The number of aromatic nitrogens is 3. The molecule has 2 N–H and O–H groups in total. The number of nitrogens with zero attached hydrogens (tertiary/aromatic N) is 3. The van der Waals surface area contributed by atoms with Gasteiger partial charge in [0.1, 0.15) is 5.69 Å². The van der Waals surface area contributed by atoms with Crippen molar-refractivity contribution in [1.82, 2.24) is 25.0 Å². The average Bonchev–Trinajstić information content (AvgIpc) is 3.48. The molecule has 0 bridgehead atoms. The molecule has 2 amide bonds. The first-order valence-electron chi connectivity index (χ1n) is 13.4. The van der Waals surface area contributed by atoms with E-state index in [1.165, 1.54) is 5.56 Å². The molecule has 0 spiro atoms. The van der Waals surface area contributed by atoms with Crippen molar-refractivity contribution in [2.45, 2.75) is 73.3 Å². The van der Waals surface area contributed by atoms with Gasteiger partial charge in [-0.1, -0.05) is 46.8 Å². The third kappa shape index (κ3) is 6.00. The van der Waals surface area contributed by atoms with Gasteiger partial charge in [0.05, 0.1) is 24.9 Å². The van der Waals surface area contributed by atoms with Crippen LogP contribution in [0.1, 0.15) is 70.0 Å². The molecule has 1 aliphatic heterocycles. The number of hydrogen-bond acceptors (Lipinski definition) is 4. The molecule has 0 aromatic carbocycles. The summed E-state index contributed by atoms with van der Waals surface area (Å²) in [7, 11) is 1.64. The quantitative estimate of drug-likeness (QED) is 0.525. The molecule has 0 saturated carbocycles. The lowest BCUT2D eigenvalue weighted by Gasteiger charge is -2.33. The van der Waals surface area contributed by atoms with E-state index in [9.17, 15) is 9.59 Å². The van der Waals surface area contributed by atoms with Crippen molar-refractivity contribution in [2.24, 2.45) is 10.8 Å². The van der Waals surface area contributed by atoms with Crippen LogP contribution in [0.4, 0.5) is 0 Å². The molecular weight excluding hydrogens is 466 g/mol. The van der Waals surface area contributed by atoms with Crippen molar-refractivity contribution in [1.29, 1.82) is 0 Å². The lowest BCUT2D eigenvalue weighted by Crippen LogP contribution is -2.48. The molecule has 8 heteroatoms. The van der Waals surface area contributed by atoms with Crippen molar-refractivity contribution >= 4 is 17.9 Å². The minimum Gasteiger partial charge on any atom is -0.383 e. The molecule has 0 radical (unpaired) electrons. The Bertz CT molecular complexity index is 1170. The smallest absolute Gasteiger partial charge is 0.242 e. The fourth-order valence-corrected chi connectivity index (χ4v) is 5.27. The van der Waals surface area contributed by atoms with Crippen LogP contribution in [0.2, 0.25) is 0 Å². The largest absolute Gasteiger partial charge is 0.383 e. The number of aryl methyl sites for hydroxylation is 1. The molecule has 202 valence electrons. The predicted octanol–water partition coefficient (Wildman–Crippen LogP) is 4.36. The number of amides is 2. The lowest BCUT2D eigenvalue weighted by atomic mass is 9.88. The first kappa shape index (κ1) is 27.2. The zero-order valence-corrected chi connectivity index (χ0v) is 23.5. The van der Waals surface area contributed by atoms with Crippen LogP contribution < -0.4 is 0 Å². The van der Waals surface area contributed by atoms with E-state index in [1.807, 2.05) is 18.7 Å². The van der Waals surface area contributed by atoms with E-state index in [2.05, 4.69) is 61.1 Å². The van der Waals surface area contributed by atoms with Crippen LogP contribution in [-0.2, 0) is 27.2 Å². The number of likely N-dealkylation sites (tertiary alicyclic amines) is 1. The monoisotopic (exact) mass is 509 g/mol. The molecule has 4 rings (SSSR count). The fourth-order valence-electron chi connectivity index (χ4n) is 5.27. The number of fused-ring (bicyclic) bond motifs is 1. The van der Waals surface area contributed by atoms with E-state index in [1.54, 1.807) is 12.0 Å². The van der Waals surface area contributed by atoms with E-state index < -0.39 is 5.41 Å². The highest BCUT2D eigenvalue weighted by Gasteiger charge is 2.40. The normalized spacial score (nSPS) is 18.9. The van der Waals surface area contributed by atoms with Crippen LogP contribution in [0.25, 0.3) is 17.5 Å². The van der Waals surface area contributed by atoms with Gasteiger partial charge in [-0.05, 0) is 43.2 Å². The summed E-state index contributed by atoms with van der Waals surface area (Å²) in [5.74, 6) is 0.0138. The average molecular weight is 510 g/mol. The Balaban J connectivity index is 1.51. The van der Waals surface area contributed by atoms with E-state index >= 15 is 0 Å². The van der Waals surface area contributed by atoms with Crippen molar-refractivity contribution in [3.63, 3.8) is 0 Å². The first-order chi connectivity index (χ1) is 17.4. The number of ether oxygens (including phenoxy) is 1. The summed E-state index contributed by atoms with van der Waals surface area (Å²) in [6, 6.07) is 2.05. The number of aromatic amines is 2. The van der Waals surface area contributed by atoms with Gasteiger partial charge in [0.2, 0.25) is 11.8 Å². The van der Waals surface area contributed by atoms with Crippen molar-refractivity contribution in [2.75, 3.05) is 33.4 Å². The second-order valence-electron chi connectivity index (χ2n) is 12.4. The summed E-state index contributed by atoms with van der Waals surface area (Å²) in [5.41, 5.74) is 6.42. The van der Waals surface area contributed by atoms with Gasteiger partial charge in [0.15, 0.2) is 0 Å². The summed E-state index contributed by atoms with van der Waals surface area (Å²) in [5, 5.41) is 7.80. The van der Waals surface area contributed by atoms with Crippen LogP contribution in [-0.4, -0.2) is 76.2 Å². The molecule has 1 saturated heterocycles. The third-order valence-electron chi connectivity index (χ3n) is 7.76. The van der Waals surface area contributed by atoms with Gasteiger partial charge in [-0.25, -0.2) is 0 Å². The molecule has 2 aromatic heterocycles. The number of H-pyrrole nitrogens is 2. The second kappa shape index (κ2) is 10.5. The Morgan fingerprint density at radius 1 is 1.32 bits per heavy atom. The number of rotatable bonds is 9. The Labute approximate surface area is 220 Å². The van der Waals surface area contributed by atoms with Crippen molar-refractivity contribution < 1.29 is 14.3 Å². The number of nitrogens with one attached hydrogen (secondary N) is 2. The zero-order chi connectivity index (χ0) is 27.0. The summed E-state index contributed by atoms with van der Waals surface area (Å²) in [4.78, 5) is 33.3. The highest BCUT2D eigenvalue weighted by Crippen LogP contribution is 2.33. The molecule has 8 nitrogen and oxygen atoms in total. The maximum atomic E-state index is 13.4. The van der Waals surface area contributed by atoms with Gasteiger partial charge in [-0.2, -0.15) is 5.10 Å². The second-order valence-corrected chi connectivity index (χ2v) is 12.4. The Kier molecular flexibility index (Phi) is 7.70. The van der Waals surface area contributed by atoms with Crippen LogP contribution in [0, 0.1) is 17.8 Å². The molecule has 2 aromatic rings. The molecular formula is C29H43N5O3. The lowest BCUT2D eigenvalue weighted by molar-refractivity contribution is -0.142. The van der Waals surface area contributed by atoms with Gasteiger partial charge in [-0.15, -0.1) is 0 Å². The summed E-state index contributed by atoms with van der Waals surface area (Å²) in [6.07, 6.45) is 7.69. The van der Waals surface area contributed by atoms with Crippen LogP contribution in [0.15, 0.2) is 12.1 Å². The van der Waals surface area contributed by atoms with Crippen molar-refractivity contribution in [3.05, 3.63) is 34.7 Å². The Morgan fingerprint density at radius 3 is 2.73 bits per heavy atom. The molecule has 1 fully saturated rings. The maximum Gasteiger partial charge on any atom is 0.242 e. The van der Waals surface area contributed by atoms with Gasteiger partial charge < -0.3 is 19.5 Å². The van der Waals surface area contributed by atoms with Gasteiger partial charge in [0, 0.05) is 49.0 Å². The minimum atomic E-state index is -0.395. The molecule has 2 aliphatic rings. The van der Waals surface area contributed by atoms with E-state index in [4.69, 9.17) is 4.74 Å². The fraction of sp³-hybridized carbons (Fsp3) is 0.621. The molecule has 3 heterocycles. The summed E-state index contributed by atoms with van der Waals surface area (Å²) in [6.45, 7) is 14.4. The SMILES string of the molecule is COCCN(C(=O)CN1CCC(C)(C)C1=O)C1C=Cc2cc(-c3n[nH]c(C)c3CCC(C)(C)C)[nH]c2C1. The predicted molar refractivity (Wildman–Crippen MR) is 146 cm³/mol. The summed E-state index contributed by atoms with van der Waals surface area (Å²) < 4.78 is 5.31. The van der Waals surface area contributed by atoms with Gasteiger partial charge in [0.25, 0.3) is 0 Å². The number of carbonyl (C=O) groups is 2. The van der Waals surface area contributed by atoms with Gasteiger partial charge >= 0.3 is 0 Å². The highest BCUT2D eigenvalue weighted by atomic mass is 16.5. The minimum absolute atomic E-state index is 0.0413. The standard InChI is InChI=1S/C29H43N5O3/c1-19-22(10-11-28(2,3)4)26(32-31-19)24-16-20-8-9-21(17-23(20)30-24)34(14-15-37-7)25(35)18-33-13-12-29(5,6)27(33)36/h8-9,16,21,30H,10-15,17-18H2,1-7H3,(H,31,32). The first-order valence-corrected chi connectivity index (χ1v) is 13.4. The molecule has 1 aliphatic carbocycles. The zero-order valence-electron chi connectivity index (χ0n) is 23.5. The maximum absolute atomic E-state index is 13.4. The molecule has 37 heavy (non-hydrogen) atoms. The van der Waals surface area contributed by atoms with Gasteiger partial charge in [-0.3, -0.25) is 14.7 Å². The van der Waals surface area contributed by atoms with Crippen LogP contribution in [0.3, 0.4) is 0 Å².